The van der Waals surface area contributed by atoms with Gasteiger partial charge in [0, 0.05) is 35.8 Å². The lowest BCUT2D eigenvalue weighted by Gasteiger charge is -2.25. The molecule has 2 N–H and O–H groups in total. The average Bonchev–Trinajstić information content (AvgIpc) is 2.34. The van der Waals surface area contributed by atoms with Gasteiger partial charge in [0.2, 0.25) is 0 Å². The largest absolute Gasteiger partial charge is 0.395 e. The Morgan fingerprint density at radius 2 is 2.11 bits per heavy atom. The van der Waals surface area contributed by atoms with Crippen molar-refractivity contribution in [3.05, 3.63) is 28.2 Å². The van der Waals surface area contributed by atoms with Crippen molar-refractivity contribution >= 4 is 21.6 Å². The van der Waals surface area contributed by atoms with E-state index in [0.29, 0.717) is 12.6 Å². The second kappa shape index (κ2) is 7.77. The highest BCUT2D eigenvalue weighted by atomic mass is 79.9. The van der Waals surface area contributed by atoms with Crippen LogP contribution in [0.25, 0.3) is 0 Å². The van der Waals surface area contributed by atoms with Gasteiger partial charge in [0.25, 0.3) is 0 Å². The van der Waals surface area contributed by atoms with Gasteiger partial charge in [-0.1, -0.05) is 29.8 Å². The highest BCUT2D eigenvalue weighted by molar-refractivity contribution is 9.10. The summed E-state index contributed by atoms with van der Waals surface area (Å²) in [5.74, 6) is 0. The molecule has 0 bridgehead atoms. The van der Waals surface area contributed by atoms with Gasteiger partial charge in [-0.2, -0.15) is 0 Å². The number of nitrogens with zero attached hydrogens (tertiary/aromatic N) is 1. The van der Waals surface area contributed by atoms with Crippen LogP contribution in [-0.2, 0) is 6.54 Å². The molecule has 0 unspecified atom stereocenters. The molecular formula is C14H23BrN2O. The van der Waals surface area contributed by atoms with Gasteiger partial charge in [-0.3, -0.25) is 0 Å². The predicted molar refractivity (Wildman–Crippen MR) is 81.1 cm³/mol. The van der Waals surface area contributed by atoms with E-state index in [1.54, 1.807) is 0 Å². The van der Waals surface area contributed by atoms with Gasteiger partial charge >= 0.3 is 0 Å². The van der Waals surface area contributed by atoms with E-state index in [4.69, 9.17) is 5.11 Å². The van der Waals surface area contributed by atoms with Gasteiger partial charge in [-0.15, -0.1) is 0 Å². The SMILES string of the molecule is CCN(CCO)c1ccc(Br)cc1CNC(C)C. The van der Waals surface area contributed by atoms with Gasteiger partial charge in [-0.05, 0) is 30.7 Å². The smallest absolute Gasteiger partial charge is 0.0606 e. The summed E-state index contributed by atoms with van der Waals surface area (Å²) >= 11 is 3.52. The monoisotopic (exact) mass is 314 g/mol. The van der Waals surface area contributed by atoms with Crippen molar-refractivity contribution in [2.24, 2.45) is 0 Å². The minimum absolute atomic E-state index is 0.182. The third kappa shape index (κ3) is 4.59. The standard InChI is InChI=1S/C14H23BrN2O/c1-4-17(7-8-18)14-6-5-13(15)9-12(14)10-16-11(2)3/h5-6,9,11,16,18H,4,7-8,10H2,1-3H3. The lowest BCUT2D eigenvalue weighted by Crippen LogP contribution is -2.29. The quantitative estimate of drug-likeness (QED) is 0.812. The van der Waals surface area contributed by atoms with Crippen LogP contribution in [0.5, 0.6) is 0 Å². The van der Waals surface area contributed by atoms with Gasteiger partial charge in [0.05, 0.1) is 6.61 Å². The second-order valence-electron chi connectivity index (χ2n) is 4.61. The van der Waals surface area contributed by atoms with E-state index in [-0.39, 0.29) is 6.61 Å². The lowest BCUT2D eigenvalue weighted by atomic mass is 10.1. The summed E-state index contributed by atoms with van der Waals surface area (Å²) in [6, 6.07) is 6.77. The average molecular weight is 315 g/mol. The zero-order valence-electron chi connectivity index (χ0n) is 11.4. The molecule has 0 atom stereocenters. The fourth-order valence-corrected chi connectivity index (χ4v) is 2.30. The zero-order valence-corrected chi connectivity index (χ0v) is 13.0. The molecule has 102 valence electrons. The topological polar surface area (TPSA) is 35.5 Å². The molecule has 0 amide bonds. The predicted octanol–water partition coefficient (Wildman–Crippen LogP) is 2.77. The maximum Gasteiger partial charge on any atom is 0.0606 e. The van der Waals surface area contributed by atoms with Crippen LogP contribution in [0.4, 0.5) is 5.69 Å². The van der Waals surface area contributed by atoms with Gasteiger partial charge in [0.15, 0.2) is 0 Å². The van der Waals surface area contributed by atoms with Crippen LogP contribution in [0, 0.1) is 0 Å². The van der Waals surface area contributed by atoms with Crippen molar-refractivity contribution < 1.29 is 5.11 Å². The molecule has 0 radical (unpaired) electrons. The number of nitrogens with one attached hydrogen (secondary N) is 1. The second-order valence-corrected chi connectivity index (χ2v) is 5.53. The Bertz CT molecular complexity index is 369. The molecule has 18 heavy (non-hydrogen) atoms. The van der Waals surface area contributed by atoms with Crippen molar-refractivity contribution in [1.82, 2.24) is 5.32 Å². The van der Waals surface area contributed by atoms with Crippen molar-refractivity contribution in [1.29, 1.82) is 0 Å². The van der Waals surface area contributed by atoms with E-state index in [2.05, 4.69) is 59.1 Å². The van der Waals surface area contributed by atoms with Crippen LogP contribution in [-0.4, -0.2) is 30.8 Å². The maximum absolute atomic E-state index is 9.13. The van der Waals surface area contributed by atoms with E-state index in [1.807, 2.05) is 6.07 Å². The van der Waals surface area contributed by atoms with Crippen LogP contribution < -0.4 is 10.2 Å². The number of anilines is 1. The number of rotatable bonds is 7. The van der Waals surface area contributed by atoms with E-state index < -0.39 is 0 Å². The molecule has 1 aromatic carbocycles. The summed E-state index contributed by atoms with van der Waals surface area (Å²) < 4.78 is 1.09. The Morgan fingerprint density at radius 1 is 1.39 bits per heavy atom. The van der Waals surface area contributed by atoms with E-state index in [0.717, 1.165) is 17.6 Å². The molecule has 0 saturated carbocycles. The molecule has 0 aromatic heterocycles. The fraction of sp³-hybridized carbons (Fsp3) is 0.571. The molecule has 0 fully saturated rings. The van der Waals surface area contributed by atoms with Crippen LogP contribution in [0.1, 0.15) is 26.3 Å². The number of likely N-dealkylation sites (N-methyl/N-ethyl adjacent to an activating group) is 1. The summed E-state index contributed by atoms with van der Waals surface area (Å²) in [5.41, 5.74) is 2.45. The first-order chi connectivity index (χ1) is 8.58. The van der Waals surface area contributed by atoms with Crippen LogP contribution in [0.15, 0.2) is 22.7 Å². The van der Waals surface area contributed by atoms with Gasteiger partial charge in [-0.25, -0.2) is 0 Å². The highest BCUT2D eigenvalue weighted by Crippen LogP contribution is 2.24. The normalized spacial score (nSPS) is 11.0. The van der Waals surface area contributed by atoms with Crippen molar-refractivity contribution in [2.45, 2.75) is 33.4 Å². The van der Waals surface area contributed by atoms with Crippen LogP contribution in [0.3, 0.4) is 0 Å². The molecule has 0 spiro atoms. The van der Waals surface area contributed by atoms with Crippen LogP contribution >= 0.6 is 15.9 Å². The molecule has 0 aliphatic heterocycles. The van der Waals surface area contributed by atoms with Crippen LogP contribution in [0.2, 0.25) is 0 Å². The molecular weight excluding hydrogens is 292 g/mol. The Balaban J connectivity index is 2.93. The van der Waals surface area contributed by atoms with Gasteiger partial charge in [0.1, 0.15) is 0 Å². The Morgan fingerprint density at radius 3 is 2.67 bits per heavy atom. The summed E-state index contributed by atoms with van der Waals surface area (Å²) in [6.07, 6.45) is 0. The van der Waals surface area contributed by atoms with Gasteiger partial charge < -0.3 is 15.3 Å². The molecule has 1 aromatic rings. The highest BCUT2D eigenvalue weighted by Gasteiger charge is 2.10. The molecule has 3 nitrogen and oxygen atoms in total. The lowest BCUT2D eigenvalue weighted by molar-refractivity contribution is 0.302. The first kappa shape index (κ1) is 15.5. The van der Waals surface area contributed by atoms with Crippen molar-refractivity contribution in [2.75, 3.05) is 24.6 Å². The number of hydrogen-bond donors (Lipinski definition) is 2. The Hall–Kier alpha value is -0.580. The summed E-state index contributed by atoms with van der Waals surface area (Å²) in [5, 5.41) is 12.6. The number of hydrogen-bond acceptors (Lipinski definition) is 3. The first-order valence-electron chi connectivity index (χ1n) is 6.46. The zero-order chi connectivity index (χ0) is 13.5. The minimum atomic E-state index is 0.182. The molecule has 4 heteroatoms. The molecule has 0 aliphatic carbocycles. The summed E-state index contributed by atoms with van der Waals surface area (Å²) in [7, 11) is 0. The van der Waals surface area contributed by atoms with E-state index >= 15 is 0 Å². The minimum Gasteiger partial charge on any atom is -0.395 e. The number of halogens is 1. The number of aliphatic hydroxyl groups excluding tert-OH is 1. The van der Waals surface area contributed by atoms with Crippen molar-refractivity contribution in [3.63, 3.8) is 0 Å². The molecule has 0 aliphatic rings. The third-order valence-electron chi connectivity index (χ3n) is 2.83. The maximum atomic E-state index is 9.13. The van der Waals surface area contributed by atoms with Crippen molar-refractivity contribution in [3.8, 4) is 0 Å². The number of aliphatic hydroxyl groups is 1. The first-order valence-corrected chi connectivity index (χ1v) is 7.25. The Labute approximate surface area is 118 Å². The molecule has 0 heterocycles. The fourth-order valence-electron chi connectivity index (χ4n) is 1.89. The summed E-state index contributed by atoms with van der Waals surface area (Å²) in [6.45, 7) is 8.99. The summed E-state index contributed by atoms with van der Waals surface area (Å²) in [4.78, 5) is 2.20. The third-order valence-corrected chi connectivity index (χ3v) is 3.33. The van der Waals surface area contributed by atoms with E-state index in [9.17, 15) is 0 Å². The number of benzene rings is 1. The molecule has 0 saturated heterocycles. The Kier molecular flexibility index (Phi) is 6.68. The molecule has 1 rings (SSSR count). The van der Waals surface area contributed by atoms with E-state index in [1.165, 1.54) is 11.3 Å².